The second-order valence-electron chi connectivity index (χ2n) is 10.0. The number of rotatable bonds is 8. The molecule has 1 aliphatic rings. The summed E-state index contributed by atoms with van der Waals surface area (Å²) in [5.41, 5.74) is 2.81. The van der Waals surface area contributed by atoms with Gasteiger partial charge in [0.05, 0.1) is 20.8 Å². The molecule has 4 aromatic rings. The summed E-state index contributed by atoms with van der Waals surface area (Å²) in [4.78, 5) is 40.0. The van der Waals surface area contributed by atoms with Crippen LogP contribution in [0.1, 0.15) is 40.9 Å². The van der Waals surface area contributed by atoms with Gasteiger partial charge in [0.1, 0.15) is 5.75 Å². The van der Waals surface area contributed by atoms with E-state index < -0.39 is 24.0 Å². The molecule has 0 spiro atoms. The molecule has 3 amide bonds. The maximum absolute atomic E-state index is 13.5. The maximum atomic E-state index is 13.5. The molecule has 0 radical (unpaired) electrons. The fourth-order valence-electron chi connectivity index (χ4n) is 4.61. The summed E-state index contributed by atoms with van der Waals surface area (Å²) in [5, 5.41) is 15.6. The Labute approximate surface area is 268 Å². The molecule has 10 nitrogen and oxygen atoms in total. The van der Waals surface area contributed by atoms with E-state index in [1.165, 1.54) is 29.1 Å². The molecule has 2 unspecified atom stereocenters. The number of aromatic nitrogens is 2. The number of anilines is 2. The molecule has 0 bridgehead atoms. The number of hydrogen-bond acceptors (Lipinski definition) is 6. The van der Waals surface area contributed by atoms with Crippen LogP contribution in [0.2, 0.25) is 15.1 Å². The molecule has 226 valence electrons. The maximum Gasteiger partial charge on any atom is 0.280 e. The SMILES string of the molecule is CCC(Oc1ccc(C)cc1C)C(=O)Nc1cccc(C(=O)NC2=NN(c3cc(Cl)c(Cl)cc3Cl)C(=O)C2n2cccn2)c1. The van der Waals surface area contributed by atoms with Gasteiger partial charge in [-0.2, -0.15) is 10.1 Å². The number of carbonyl (C=O) groups excluding carboxylic acids is 3. The van der Waals surface area contributed by atoms with Crippen molar-refractivity contribution in [2.45, 2.75) is 39.3 Å². The second-order valence-corrected chi connectivity index (χ2v) is 11.3. The fraction of sp³-hybridized carbons (Fsp3) is 0.194. The number of hydrazone groups is 1. The average molecular weight is 654 g/mol. The summed E-state index contributed by atoms with van der Waals surface area (Å²) in [6.07, 6.45) is 2.76. The number of hydrogen-bond donors (Lipinski definition) is 2. The van der Waals surface area contributed by atoms with E-state index in [1.54, 1.807) is 30.5 Å². The van der Waals surface area contributed by atoms with Crippen molar-refractivity contribution in [2.75, 3.05) is 10.3 Å². The summed E-state index contributed by atoms with van der Waals surface area (Å²) in [6, 6.07) is 15.5. The predicted octanol–water partition coefficient (Wildman–Crippen LogP) is 6.59. The molecule has 2 heterocycles. The summed E-state index contributed by atoms with van der Waals surface area (Å²) < 4.78 is 7.36. The molecule has 0 saturated carbocycles. The van der Waals surface area contributed by atoms with Crippen LogP contribution < -0.4 is 20.4 Å². The highest BCUT2D eigenvalue weighted by molar-refractivity contribution is 6.44. The number of nitrogens with zero attached hydrogens (tertiary/aromatic N) is 4. The minimum atomic E-state index is -1.09. The van der Waals surface area contributed by atoms with Gasteiger partial charge in [-0.05, 0) is 68.3 Å². The minimum absolute atomic E-state index is 0.00759. The van der Waals surface area contributed by atoms with Gasteiger partial charge >= 0.3 is 0 Å². The van der Waals surface area contributed by atoms with Crippen LogP contribution in [0, 0.1) is 13.8 Å². The van der Waals surface area contributed by atoms with E-state index in [1.807, 2.05) is 39.0 Å². The van der Waals surface area contributed by atoms with Crippen molar-refractivity contribution in [3.05, 3.63) is 105 Å². The van der Waals surface area contributed by atoms with Crippen molar-refractivity contribution >= 4 is 69.7 Å². The van der Waals surface area contributed by atoms with Gasteiger partial charge in [-0.3, -0.25) is 19.1 Å². The summed E-state index contributed by atoms with van der Waals surface area (Å²) >= 11 is 18.6. The number of ether oxygens (including phenoxy) is 1. The monoisotopic (exact) mass is 652 g/mol. The number of benzene rings is 3. The zero-order valence-electron chi connectivity index (χ0n) is 23.8. The van der Waals surface area contributed by atoms with Gasteiger partial charge in [-0.1, -0.05) is 65.5 Å². The fourth-order valence-corrected chi connectivity index (χ4v) is 5.23. The van der Waals surface area contributed by atoms with Gasteiger partial charge < -0.3 is 15.4 Å². The Morgan fingerprint density at radius 2 is 1.75 bits per heavy atom. The highest BCUT2D eigenvalue weighted by Gasteiger charge is 2.40. The van der Waals surface area contributed by atoms with E-state index >= 15 is 0 Å². The van der Waals surface area contributed by atoms with Crippen molar-refractivity contribution < 1.29 is 19.1 Å². The van der Waals surface area contributed by atoms with Crippen LogP contribution in [-0.2, 0) is 9.59 Å². The Morgan fingerprint density at radius 3 is 2.45 bits per heavy atom. The molecule has 5 rings (SSSR count). The standard InChI is InChI=1S/C31H27Cl3N6O4/c1-4-25(44-26-10-9-17(2)13-18(26)3)30(42)36-20-8-5-7-19(14-20)29(41)37-28-27(39-12-6-11-35-39)31(43)40(38-28)24-16-22(33)21(32)15-23(24)34/h5-16,25,27H,4H2,1-3H3,(H,36,42)(H,37,38,41). The lowest BCUT2D eigenvalue weighted by Crippen LogP contribution is -2.38. The molecule has 44 heavy (non-hydrogen) atoms. The average Bonchev–Trinajstić information content (AvgIpc) is 3.62. The Hall–Kier alpha value is -4.38. The second kappa shape index (κ2) is 13.1. The van der Waals surface area contributed by atoms with Crippen LogP contribution in [0.5, 0.6) is 5.75 Å². The number of nitrogens with one attached hydrogen (secondary N) is 2. The van der Waals surface area contributed by atoms with E-state index in [9.17, 15) is 14.4 Å². The quantitative estimate of drug-likeness (QED) is 0.208. The first kappa shape index (κ1) is 31.1. The smallest absolute Gasteiger partial charge is 0.280 e. The van der Waals surface area contributed by atoms with Crippen molar-refractivity contribution in [3.8, 4) is 5.75 Å². The third kappa shape index (κ3) is 6.57. The normalized spacial score (nSPS) is 15.1. The molecule has 0 saturated heterocycles. The summed E-state index contributed by atoms with van der Waals surface area (Å²) in [5.74, 6) is -0.817. The third-order valence-corrected chi connectivity index (χ3v) is 7.84. The number of halogens is 3. The van der Waals surface area contributed by atoms with Crippen molar-refractivity contribution in [2.24, 2.45) is 5.10 Å². The molecule has 13 heteroatoms. The van der Waals surface area contributed by atoms with Crippen molar-refractivity contribution in [1.29, 1.82) is 0 Å². The first-order valence-corrected chi connectivity index (χ1v) is 14.7. The van der Waals surface area contributed by atoms with E-state index in [0.29, 0.717) is 17.9 Å². The summed E-state index contributed by atoms with van der Waals surface area (Å²) in [7, 11) is 0. The van der Waals surface area contributed by atoms with Crippen LogP contribution in [-0.4, -0.2) is 39.4 Å². The lowest BCUT2D eigenvalue weighted by atomic mass is 10.1. The Morgan fingerprint density at radius 1 is 0.977 bits per heavy atom. The largest absolute Gasteiger partial charge is 0.480 e. The van der Waals surface area contributed by atoms with E-state index in [4.69, 9.17) is 39.5 Å². The Kier molecular flexibility index (Phi) is 9.24. The summed E-state index contributed by atoms with van der Waals surface area (Å²) in [6.45, 7) is 5.76. The molecule has 2 N–H and O–H groups in total. The van der Waals surface area contributed by atoms with E-state index in [0.717, 1.165) is 16.1 Å². The zero-order chi connectivity index (χ0) is 31.5. The molecule has 0 aliphatic carbocycles. The number of amides is 3. The third-order valence-electron chi connectivity index (χ3n) is 6.81. The van der Waals surface area contributed by atoms with Crippen molar-refractivity contribution in [1.82, 2.24) is 15.1 Å². The Balaban J connectivity index is 1.35. The van der Waals surface area contributed by atoms with Crippen LogP contribution in [0.25, 0.3) is 0 Å². The first-order chi connectivity index (χ1) is 21.0. The van der Waals surface area contributed by atoms with Crippen LogP contribution in [0.15, 0.2) is 78.2 Å². The zero-order valence-corrected chi connectivity index (χ0v) is 26.1. The van der Waals surface area contributed by atoms with Gasteiger partial charge in [0, 0.05) is 23.6 Å². The molecular formula is C31H27Cl3N6O4. The molecule has 1 aliphatic heterocycles. The van der Waals surface area contributed by atoms with Gasteiger partial charge in [0.25, 0.3) is 17.7 Å². The molecule has 0 fully saturated rings. The van der Waals surface area contributed by atoms with Crippen molar-refractivity contribution in [3.63, 3.8) is 0 Å². The molecule has 3 aromatic carbocycles. The minimum Gasteiger partial charge on any atom is -0.480 e. The van der Waals surface area contributed by atoms with Crippen LogP contribution in [0.4, 0.5) is 11.4 Å². The topological polar surface area (TPSA) is 118 Å². The first-order valence-electron chi connectivity index (χ1n) is 13.6. The lowest BCUT2D eigenvalue weighted by Gasteiger charge is -2.19. The van der Waals surface area contributed by atoms with E-state index in [-0.39, 0.29) is 38.1 Å². The molecular weight excluding hydrogens is 627 g/mol. The van der Waals surface area contributed by atoms with Gasteiger partial charge in [0.15, 0.2) is 18.0 Å². The highest BCUT2D eigenvalue weighted by Crippen LogP contribution is 2.37. The molecule has 1 aromatic heterocycles. The van der Waals surface area contributed by atoms with Crippen LogP contribution >= 0.6 is 34.8 Å². The number of carbonyl (C=O) groups is 3. The molecule has 2 atom stereocenters. The Bertz CT molecular complexity index is 1780. The van der Waals surface area contributed by atoms with Crippen LogP contribution in [0.3, 0.4) is 0 Å². The van der Waals surface area contributed by atoms with Gasteiger partial charge in [-0.15, -0.1) is 5.10 Å². The highest BCUT2D eigenvalue weighted by atomic mass is 35.5. The number of amidine groups is 1. The predicted molar refractivity (Wildman–Crippen MR) is 171 cm³/mol. The van der Waals surface area contributed by atoms with Gasteiger partial charge in [0.2, 0.25) is 0 Å². The number of aryl methyl sites for hydroxylation is 2. The van der Waals surface area contributed by atoms with Gasteiger partial charge in [-0.25, -0.2) is 0 Å². The lowest BCUT2D eigenvalue weighted by molar-refractivity contribution is -0.123. The van der Waals surface area contributed by atoms with E-state index in [2.05, 4.69) is 20.8 Å².